The Morgan fingerprint density at radius 1 is 1.44 bits per heavy atom. The number of thioether (sulfide) groups is 1. The highest BCUT2D eigenvalue weighted by atomic mass is 32.2. The highest BCUT2D eigenvalue weighted by Gasteiger charge is 2.17. The maximum atomic E-state index is 11.7. The molecule has 0 spiro atoms. The Labute approximate surface area is 99.2 Å². The first-order valence-corrected chi connectivity index (χ1v) is 6.36. The molecule has 1 aliphatic rings. The van der Waals surface area contributed by atoms with Crippen LogP contribution < -0.4 is 5.73 Å². The van der Waals surface area contributed by atoms with Crippen molar-refractivity contribution >= 4 is 23.5 Å². The zero-order valence-corrected chi connectivity index (χ0v) is 9.87. The minimum atomic E-state index is 0.222. The number of aromatic nitrogens is 1. The molecule has 0 atom stereocenters. The fourth-order valence-corrected chi connectivity index (χ4v) is 2.44. The maximum Gasteiger partial charge on any atom is 0.232 e. The monoisotopic (exact) mass is 237 g/mol. The van der Waals surface area contributed by atoms with Crippen molar-refractivity contribution in [2.75, 3.05) is 24.6 Å². The van der Waals surface area contributed by atoms with Crippen LogP contribution in [0, 0.1) is 0 Å². The standard InChI is InChI=1S/C11H15N3OS/c12-10-4-3-9(7-13-10)16-8-11(15)14-5-1-2-6-14/h3-4,7H,1-2,5-6,8H2,(H2,12,13). The minimum Gasteiger partial charge on any atom is -0.384 e. The fourth-order valence-electron chi connectivity index (χ4n) is 1.68. The number of likely N-dealkylation sites (tertiary alicyclic amines) is 1. The van der Waals surface area contributed by atoms with Crippen LogP contribution in [0.5, 0.6) is 0 Å². The summed E-state index contributed by atoms with van der Waals surface area (Å²) in [6, 6.07) is 3.65. The van der Waals surface area contributed by atoms with Gasteiger partial charge in [-0.3, -0.25) is 4.79 Å². The Kier molecular flexibility index (Phi) is 3.66. The van der Waals surface area contributed by atoms with Crippen molar-refractivity contribution in [2.24, 2.45) is 0 Å². The van der Waals surface area contributed by atoms with Gasteiger partial charge in [0.2, 0.25) is 5.91 Å². The zero-order valence-electron chi connectivity index (χ0n) is 9.06. The zero-order chi connectivity index (χ0) is 11.4. The summed E-state index contributed by atoms with van der Waals surface area (Å²) >= 11 is 1.51. The molecule has 1 saturated heterocycles. The lowest BCUT2D eigenvalue weighted by atomic mass is 10.4. The number of rotatable bonds is 3. The van der Waals surface area contributed by atoms with Crippen LogP contribution in [0.2, 0.25) is 0 Å². The number of hydrogen-bond donors (Lipinski definition) is 1. The van der Waals surface area contributed by atoms with Gasteiger partial charge in [-0.15, -0.1) is 11.8 Å². The van der Waals surface area contributed by atoms with Gasteiger partial charge in [0, 0.05) is 24.2 Å². The van der Waals surface area contributed by atoms with Crippen molar-refractivity contribution in [3.63, 3.8) is 0 Å². The summed E-state index contributed by atoms with van der Waals surface area (Å²) in [4.78, 5) is 18.6. The SMILES string of the molecule is Nc1ccc(SCC(=O)N2CCCC2)cn1. The van der Waals surface area contributed by atoms with E-state index in [1.165, 1.54) is 11.8 Å². The van der Waals surface area contributed by atoms with Gasteiger partial charge in [0.15, 0.2) is 0 Å². The van der Waals surface area contributed by atoms with E-state index in [0.717, 1.165) is 30.8 Å². The van der Waals surface area contributed by atoms with E-state index in [9.17, 15) is 4.79 Å². The topological polar surface area (TPSA) is 59.2 Å². The van der Waals surface area contributed by atoms with Crippen molar-refractivity contribution in [1.29, 1.82) is 0 Å². The number of carbonyl (C=O) groups is 1. The number of nitrogens with zero attached hydrogens (tertiary/aromatic N) is 2. The van der Waals surface area contributed by atoms with Crippen LogP contribution in [0.25, 0.3) is 0 Å². The molecular weight excluding hydrogens is 222 g/mol. The Balaban J connectivity index is 1.82. The number of pyridine rings is 1. The molecule has 2 N–H and O–H groups in total. The molecular formula is C11H15N3OS. The molecule has 2 rings (SSSR count). The summed E-state index contributed by atoms with van der Waals surface area (Å²) in [5, 5.41) is 0. The van der Waals surface area contributed by atoms with Crippen LogP contribution in [-0.2, 0) is 4.79 Å². The van der Waals surface area contributed by atoms with Crippen molar-refractivity contribution in [1.82, 2.24) is 9.88 Å². The van der Waals surface area contributed by atoms with Gasteiger partial charge in [0.1, 0.15) is 5.82 Å². The molecule has 0 unspecified atom stereocenters. The van der Waals surface area contributed by atoms with Crippen LogP contribution in [0.15, 0.2) is 23.2 Å². The summed E-state index contributed by atoms with van der Waals surface area (Å²) in [5.41, 5.74) is 5.49. The summed E-state index contributed by atoms with van der Waals surface area (Å²) in [5.74, 6) is 1.22. The number of nitrogen functional groups attached to an aromatic ring is 1. The normalized spacial score (nSPS) is 15.4. The van der Waals surface area contributed by atoms with Crippen molar-refractivity contribution in [3.05, 3.63) is 18.3 Å². The highest BCUT2D eigenvalue weighted by molar-refractivity contribution is 8.00. The van der Waals surface area contributed by atoms with Gasteiger partial charge < -0.3 is 10.6 Å². The molecule has 0 aliphatic carbocycles. The van der Waals surface area contributed by atoms with E-state index in [1.54, 1.807) is 12.3 Å². The second kappa shape index (κ2) is 5.21. The van der Waals surface area contributed by atoms with Gasteiger partial charge in [0.25, 0.3) is 0 Å². The van der Waals surface area contributed by atoms with Crippen molar-refractivity contribution in [3.8, 4) is 0 Å². The van der Waals surface area contributed by atoms with E-state index in [1.807, 2.05) is 11.0 Å². The lowest BCUT2D eigenvalue weighted by Gasteiger charge is -2.14. The average Bonchev–Trinajstić information content (AvgIpc) is 2.81. The van der Waals surface area contributed by atoms with Crippen molar-refractivity contribution in [2.45, 2.75) is 17.7 Å². The molecule has 0 bridgehead atoms. The van der Waals surface area contributed by atoms with Gasteiger partial charge >= 0.3 is 0 Å². The molecule has 4 nitrogen and oxygen atoms in total. The molecule has 1 aliphatic heterocycles. The van der Waals surface area contributed by atoms with Gasteiger partial charge in [-0.25, -0.2) is 4.98 Å². The molecule has 0 radical (unpaired) electrons. The van der Waals surface area contributed by atoms with Crippen LogP contribution in [0.4, 0.5) is 5.82 Å². The van der Waals surface area contributed by atoms with Crippen LogP contribution >= 0.6 is 11.8 Å². The van der Waals surface area contributed by atoms with Gasteiger partial charge in [-0.05, 0) is 25.0 Å². The predicted molar refractivity (Wildman–Crippen MR) is 65.2 cm³/mol. The maximum absolute atomic E-state index is 11.7. The number of anilines is 1. The number of amides is 1. The molecule has 1 aromatic rings. The van der Waals surface area contributed by atoms with Crippen LogP contribution in [-0.4, -0.2) is 34.6 Å². The van der Waals surface area contributed by atoms with E-state index >= 15 is 0 Å². The first-order chi connectivity index (χ1) is 7.75. The summed E-state index contributed by atoms with van der Waals surface area (Å²) in [7, 11) is 0. The third-order valence-corrected chi connectivity index (χ3v) is 3.55. The van der Waals surface area contributed by atoms with E-state index in [2.05, 4.69) is 4.98 Å². The summed E-state index contributed by atoms with van der Waals surface area (Å²) < 4.78 is 0. The van der Waals surface area contributed by atoms with Crippen LogP contribution in [0.1, 0.15) is 12.8 Å². The van der Waals surface area contributed by atoms with Gasteiger partial charge in [-0.2, -0.15) is 0 Å². The second-order valence-corrected chi connectivity index (χ2v) is 4.84. The quantitative estimate of drug-likeness (QED) is 0.807. The molecule has 0 saturated carbocycles. The number of nitrogens with two attached hydrogens (primary N) is 1. The first-order valence-electron chi connectivity index (χ1n) is 5.38. The minimum absolute atomic E-state index is 0.222. The Hall–Kier alpha value is -1.23. The van der Waals surface area contributed by atoms with E-state index in [0.29, 0.717) is 11.6 Å². The smallest absolute Gasteiger partial charge is 0.232 e. The predicted octanol–water partition coefficient (Wildman–Crippen LogP) is 1.38. The third kappa shape index (κ3) is 2.88. The largest absolute Gasteiger partial charge is 0.384 e. The van der Waals surface area contributed by atoms with Gasteiger partial charge in [-0.1, -0.05) is 0 Å². The molecule has 1 fully saturated rings. The average molecular weight is 237 g/mol. The van der Waals surface area contributed by atoms with E-state index < -0.39 is 0 Å². The molecule has 5 heteroatoms. The fraction of sp³-hybridized carbons (Fsp3) is 0.455. The first kappa shape index (κ1) is 11.3. The Morgan fingerprint density at radius 2 is 2.19 bits per heavy atom. The summed E-state index contributed by atoms with van der Waals surface area (Å²) in [6.07, 6.45) is 3.98. The van der Waals surface area contributed by atoms with Crippen LogP contribution in [0.3, 0.4) is 0 Å². The van der Waals surface area contributed by atoms with Crippen molar-refractivity contribution < 1.29 is 4.79 Å². The molecule has 1 amide bonds. The molecule has 86 valence electrons. The lowest BCUT2D eigenvalue weighted by Crippen LogP contribution is -2.29. The van der Waals surface area contributed by atoms with E-state index in [-0.39, 0.29) is 5.91 Å². The Morgan fingerprint density at radius 3 is 2.81 bits per heavy atom. The summed E-state index contributed by atoms with van der Waals surface area (Å²) in [6.45, 7) is 1.83. The molecule has 0 aromatic carbocycles. The Bertz CT molecular complexity index is 360. The number of carbonyl (C=O) groups excluding carboxylic acids is 1. The number of hydrogen-bond acceptors (Lipinski definition) is 4. The highest BCUT2D eigenvalue weighted by Crippen LogP contribution is 2.19. The molecule has 2 heterocycles. The molecule has 1 aromatic heterocycles. The van der Waals surface area contributed by atoms with Gasteiger partial charge in [0.05, 0.1) is 5.75 Å². The second-order valence-electron chi connectivity index (χ2n) is 3.80. The third-order valence-electron chi connectivity index (χ3n) is 2.58. The molecule has 16 heavy (non-hydrogen) atoms. The lowest BCUT2D eigenvalue weighted by molar-refractivity contribution is -0.127. The van der Waals surface area contributed by atoms with E-state index in [4.69, 9.17) is 5.73 Å².